The van der Waals surface area contributed by atoms with Crippen molar-refractivity contribution in [1.29, 1.82) is 0 Å². The van der Waals surface area contributed by atoms with Gasteiger partial charge < -0.3 is 4.74 Å². The molecule has 88 valence electrons. The second-order valence-corrected chi connectivity index (χ2v) is 5.59. The van der Waals surface area contributed by atoms with Gasteiger partial charge >= 0.3 is 0 Å². The molecule has 0 fully saturated rings. The first kappa shape index (κ1) is 13.0. The van der Waals surface area contributed by atoms with E-state index in [1.54, 1.807) is 0 Å². The number of rotatable bonds is 3. The predicted molar refractivity (Wildman–Crippen MR) is 57.7 cm³/mol. The first-order valence-corrected chi connectivity index (χ1v) is 6.42. The Bertz CT molecular complexity index is 542. The molecule has 0 saturated heterocycles. The van der Waals surface area contributed by atoms with Crippen LogP contribution in [0.3, 0.4) is 0 Å². The number of methoxy groups -OCH3 is 1. The van der Waals surface area contributed by atoms with Gasteiger partial charge in [0.15, 0.2) is 0 Å². The van der Waals surface area contributed by atoms with E-state index in [1.165, 1.54) is 7.11 Å². The number of halogens is 2. The lowest BCUT2D eigenvalue weighted by atomic mass is 10.3. The Morgan fingerprint density at radius 2 is 2.00 bits per heavy atom. The summed E-state index contributed by atoms with van der Waals surface area (Å²) in [5.74, 6) is -0.148. The Balaban J connectivity index is 3.60. The van der Waals surface area contributed by atoms with Crippen LogP contribution in [-0.4, -0.2) is 20.5 Å². The lowest BCUT2D eigenvalue weighted by Crippen LogP contribution is -1.99. The molecule has 0 aliphatic rings. The summed E-state index contributed by atoms with van der Waals surface area (Å²) in [5.41, 5.74) is -0.554. The minimum absolute atomic E-state index is 0.148. The summed E-state index contributed by atoms with van der Waals surface area (Å²) < 4.78 is 27.0. The van der Waals surface area contributed by atoms with Crippen molar-refractivity contribution < 1.29 is 18.1 Å². The molecule has 6 nitrogen and oxygen atoms in total. The Labute approximate surface area is 100 Å². The maximum atomic E-state index is 11.1. The fourth-order valence-electron chi connectivity index (χ4n) is 1.01. The Morgan fingerprint density at radius 1 is 1.44 bits per heavy atom. The Kier molecular flexibility index (Phi) is 3.61. The topological polar surface area (TPSA) is 86.5 Å². The van der Waals surface area contributed by atoms with Gasteiger partial charge in [-0.1, -0.05) is 11.6 Å². The number of benzene rings is 1. The van der Waals surface area contributed by atoms with Gasteiger partial charge in [-0.25, -0.2) is 8.42 Å². The highest BCUT2D eigenvalue weighted by Gasteiger charge is 2.24. The molecule has 0 heterocycles. The molecule has 0 radical (unpaired) electrons. The van der Waals surface area contributed by atoms with Gasteiger partial charge in [0.1, 0.15) is 15.7 Å². The van der Waals surface area contributed by atoms with Crippen molar-refractivity contribution in [3.05, 3.63) is 27.3 Å². The number of hydrogen-bond acceptors (Lipinski definition) is 5. The third-order valence-corrected chi connectivity index (χ3v) is 3.34. The van der Waals surface area contributed by atoms with E-state index in [1.807, 2.05) is 0 Å². The van der Waals surface area contributed by atoms with E-state index in [9.17, 15) is 18.5 Å². The molecule has 0 bridgehead atoms. The first-order valence-electron chi connectivity index (χ1n) is 3.74. The van der Waals surface area contributed by atoms with Crippen LogP contribution in [0.1, 0.15) is 0 Å². The predicted octanol–water partition coefficient (Wildman–Crippen LogP) is 2.18. The molecule has 0 aliphatic heterocycles. The monoisotopic (exact) mass is 285 g/mol. The molecule has 9 heteroatoms. The molecule has 0 aromatic heterocycles. The molecule has 1 aromatic carbocycles. The van der Waals surface area contributed by atoms with Crippen LogP contribution in [-0.2, 0) is 9.05 Å². The lowest BCUT2D eigenvalue weighted by Gasteiger charge is -2.06. The zero-order valence-corrected chi connectivity index (χ0v) is 10.1. The van der Waals surface area contributed by atoms with Crippen LogP contribution in [0.2, 0.25) is 5.02 Å². The van der Waals surface area contributed by atoms with Crippen molar-refractivity contribution in [3.63, 3.8) is 0 Å². The van der Waals surface area contributed by atoms with Gasteiger partial charge in [-0.05, 0) is 0 Å². The minimum Gasteiger partial charge on any atom is -0.495 e. The fourth-order valence-corrected chi connectivity index (χ4v) is 2.23. The van der Waals surface area contributed by atoms with Crippen LogP contribution in [0, 0.1) is 10.1 Å². The molecule has 0 saturated carbocycles. The normalized spacial score (nSPS) is 11.2. The molecule has 0 N–H and O–H groups in total. The third kappa shape index (κ3) is 2.55. The summed E-state index contributed by atoms with van der Waals surface area (Å²) in [6, 6.07) is 1.78. The van der Waals surface area contributed by atoms with Crippen LogP contribution < -0.4 is 4.74 Å². The van der Waals surface area contributed by atoms with Crippen LogP contribution in [0.15, 0.2) is 17.0 Å². The molecular formula is C7H5Cl2NO5S. The van der Waals surface area contributed by atoms with E-state index in [4.69, 9.17) is 27.0 Å². The molecule has 0 aliphatic carbocycles. The molecular weight excluding hydrogens is 281 g/mol. The molecule has 0 unspecified atom stereocenters. The maximum absolute atomic E-state index is 11.1. The van der Waals surface area contributed by atoms with Crippen molar-refractivity contribution in [2.45, 2.75) is 4.90 Å². The van der Waals surface area contributed by atoms with Gasteiger partial charge in [-0.2, -0.15) is 0 Å². The average molecular weight is 286 g/mol. The van der Waals surface area contributed by atoms with Gasteiger partial charge in [0, 0.05) is 22.8 Å². The fraction of sp³-hybridized carbons (Fsp3) is 0.143. The number of nitro groups is 1. The van der Waals surface area contributed by atoms with Crippen molar-refractivity contribution in [2.75, 3.05) is 7.11 Å². The van der Waals surface area contributed by atoms with Gasteiger partial charge in [-0.3, -0.25) is 10.1 Å². The highest BCUT2D eigenvalue weighted by Crippen LogP contribution is 2.36. The number of nitro benzene ring substituents is 1. The SMILES string of the molecule is COc1cc(Cl)c([N+](=O)[O-])cc1S(=O)(=O)Cl. The highest BCUT2D eigenvalue weighted by molar-refractivity contribution is 8.13. The molecule has 1 rings (SSSR count). The van der Waals surface area contributed by atoms with Crippen molar-refractivity contribution in [1.82, 2.24) is 0 Å². The van der Waals surface area contributed by atoms with E-state index in [0.717, 1.165) is 12.1 Å². The largest absolute Gasteiger partial charge is 0.495 e. The van der Waals surface area contributed by atoms with E-state index in [2.05, 4.69) is 0 Å². The average Bonchev–Trinajstić information content (AvgIpc) is 2.14. The van der Waals surface area contributed by atoms with E-state index in [0.29, 0.717) is 0 Å². The molecule has 1 aromatic rings. The lowest BCUT2D eigenvalue weighted by molar-refractivity contribution is -0.384. The van der Waals surface area contributed by atoms with Gasteiger partial charge in [0.05, 0.1) is 12.0 Å². The number of nitrogens with zero attached hydrogens (tertiary/aromatic N) is 1. The number of ether oxygens (including phenoxy) is 1. The highest BCUT2D eigenvalue weighted by atomic mass is 35.7. The first-order chi connectivity index (χ1) is 7.27. The van der Waals surface area contributed by atoms with Gasteiger partial charge in [0.25, 0.3) is 14.7 Å². The van der Waals surface area contributed by atoms with Crippen LogP contribution >= 0.6 is 22.3 Å². The third-order valence-electron chi connectivity index (χ3n) is 1.69. The van der Waals surface area contributed by atoms with Gasteiger partial charge in [0.2, 0.25) is 0 Å². The molecule has 0 amide bonds. The Hall–Kier alpha value is -1.05. The molecule has 0 spiro atoms. The quantitative estimate of drug-likeness (QED) is 0.483. The molecule has 0 atom stereocenters. The maximum Gasteiger partial charge on any atom is 0.289 e. The van der Waals surface area contributed by atoms with Gasteiger partial charge in [-0.15, -0.1) is 0 Å². The summed E-state index contributed by atoms with van der Waals surface area (Å²) in [6.07, 6.45) is 0. The van der Waals surface area contributed by atoms with Crippen molar-refractivity contribution >= 4 is 37.0 Å². The smallest absolute Gasteiger partial charge is 0.289 e. The second kappa shape index (κ2) is 4.44. The summed E-state index contributed by atoms with van der Waals surface area (Å²) in [4.78, 5) is 9.24. The van der Waals surface area contributed by atoms with E-state index in [-0.39, 0.29) is 10.8 Å². The summed E-state index contributed by atoms with van der Waals surface area (Å²) in [7, 11) is 2.16. The van der Waals surface area contributed by atoms with Crippen molar-refractivity contribution in [3.8, 4) is 5.75 Å². The summed E-state index contributed by atoms with van der Waals surface area (Å²) in [6.45, 7) is 0. The van der Waals surface area contributed by atoms with E-state index < -0.39 is 24.6 Å². The standard InChI is InChI=1S/C7H5Cl2NO5S/c1-15-6-2-4(8)5(10(11)12)3-7(6)16(9,13)14/h2-3H,1H3. The van der Waals surface area contributed by atoms with Crippen LogP contribution in [0.4, 0.5) is 5.69 Å². The summed E-state index contributed by atoms with van der Waals surface area (Å²) >= 11 is 5.57. The Morgan fingerprint density at radius 3 is 2.38 bits per heavy atom. The minimum atomic E-state index is -4.13. The zero-order chi connectivity index (χ0) is 12.5. The number of hydrogen-bond donors (Lipinski definition) is 0. The van der Waals surface area contributed by atoms with Crippen molar-refractivity contribution in [2.24, 2.45) is 0 Å². The molecule has 16 heavy (non-hydrogen) atoms. The van der Waals surface area contributed by atoms with Crippen LogP contribution in [0.25, 0.3) is 0 Å². The van der Waals surface area contributed by atoms with E-state index >= 15 is 0 Å². The summed E-state index contributed by atoms with van der Waals surface area (Å²) in [5, 5.41) is 10.3. The second-order valence-electron chi connectivity index (χ2n) is 2.65. The van der Waals surface area contributed by atoms with Crippen LogP contribution in [0.5, 0.6) is 5.75 Å². The zero-order valence-electron chi connectivity index (χ0n) is 7.81.